The summed E-state index contributed by atoms with van der Waals surface area (Å²) in [6, 6.07) is 0. The Morgan fingerprint density at radius 2 is 1.94 bits per heavy atom. The lowest BCUT2D eigenvalue weighted by atomic mass is 10.3. The van der Waals surface area contributed by atoms with E-state index in [0.29, 0.717) is 0 Å². The highest BCUT2D eigenvalue weighted by Crippen LogP contribution is 2.13. The van der Waals surface area contributed by atoms with Gasteiger partial charge >= 0.3 is 11.9 Å². The molecule has 1 rings (SSSR count). The summed E-state index contributed by atoms with van der Waals surface area (Å²) in [6.07, 6.45) is 1.89. The fraction of sp³-hybridized carbons (Fsp3) is 0.545. The first-order chi connectivity index (χ1) is 8.51. The summed E-state index contributed by atoms with van der Waals surface area (Å²) in [7, 11) is 0. The lowest BCUT2D eigenvalue weighted by Gasteiger charge is -2.16. The second-order valence-electron chi connectivity index (χ2n) is 3.92. The van der Waals surface area contributed by atoms with Crippen LogP contribution in [0.15, 0.2) is 5.38 Å². The number of rotatable bonds is 8. The molecule has 1 heterocycles. The molecule has 0 saturated heterocycles. The van der Waals surface area contributed by atoms with Crippen molar-refractivity contribution < 1.29 is 19.8 Å². The van der Waals surface area contributed by atoms with E-state index in [4.69, 9.17) is 10.2 Å². The average molecular weight is 272 g/mol. The predicted molar refractivity (Wildman–Crippen MR) is 66.7 cm³/mol. The lowest BCUT2D eigenvalue weighted by molar-refractivity contribution is -0.142. The normalized spacial score (nSPS) is 10.8. The van der Waals surface area contributed by atoms with Crippen molar-refractivity contribution in [2.75, 3.05) is 13.1 Å². The number of thiazole rings is 1. The second kappa shape index (κ2) is 7.07. The molecule has 2 N–H and O–H groups in total. The predicted octanol–water partition coefficient (Wildman–Crippen LogP) is 1.07. The molecule has 7 heteroatoms. The minimum atomic E-state index is -1.04. The van der Waals surface area contributed by atoms with Crippen molar-refractivity contribution in [2.45, 2.75) is 26.3 Å². The zero-order valence-electron chi connectivity index (χ0n) is 10.1. The van der Waals surface area contributed by atoms with Crippen molar-refractivity contribution in [3.63, 3.8) is 0 Å². The molecular formula is C11H16N2O4S. The van der Waals surface area contributed by atoms with Crippen molar-refractivity contribution in [2.24, 2.45) is 0 Å². The number of aryl methyl sites for hydroxylation is 1. The fourth-order valence-electron chi connectivity index (χ4n) is 1.53. The summed E-state index contributed by atoms with van der Waals surface area (Å²) in [5, 5.41) is 20.3. The third-order valence-electron chi connectivity index (χ3n) is 2.17. The highest BCUT2D eigenvalue weighted by Gasteiger charge is 2.15. The zero-order valence-corrected chi connectivity index (χ0v) is 10.9. The van der Waals surface area contributed by atoms with Crippen molar-refractivity contribution in [3.8, 4) is 0 Å². The van der Waals surface area contributed by atoms with Gasteiger partial charge < -0.3 is 10.2 Å². The maximum absolute atomic E-state index is 10.6. The van der Waals surface area contributed by atoms with Gasteiger partial charge in [0.1, 0.15) is 0 Å². The third kappa shape index (κ3) is 5.24. The van der Waals surface area contributed by atoms with Gasteiger partial charge in [-0.25, -0.2) is 4.98 Å². The minimum absolute atomic E-state index is 0.249. The Morgan fingerprint density at radius 1 is 1.33 bits per heavy atom. The molecule has 100 valence electrons. The molecule has 0 unspecified atom stereocenters. The minimum Gasteiger partial charge on any atom is -0.480 e. The number of hydrogen-bond donors (Lipinski definition) is 2. The van der Waals surface area contributed by atoms with Gasteiger partial charge in [0.2, 0.25) is 0 Å². The average Bonchev–Trinajstić information content (AvgIpc) is 2.64. The van der Waals surface area contributed by atoms with Crippen LogP contribution in [0.5, 0.6) is 0 Å². The molecule has 0 atom stereocenters. The Morgan fingerprint density at radius 3 is 2.44 bits per heavy atom. The Bertz CT molecular complexity index is 403. The third-order valence-corrected chi connectivity index (χ3v) is 3.12. The number of nitrogens with zero attached hydrogens (tertiary/aromatic N) is 2. The molecule has 6 nitrogen and oxygen atoms in total. The molecule has 0 radical (unpaired) electrons. The van der Waals surface area contributed by atoms with E-state index in [1.165, 1.54) is 16.2 Å². The van der Waals surface area contributed by atoms with E-state index in [2.05, 4.69) is 11.9 Å². The first-order valence-corrected chi connectivity index (χ1v) is 6.48. The van der Waals surface area contributed by atoms with Crippen molar-refractivity contribution in [3.05, 3.63) is 16.1 Å². The van der Waals surface area contributed by atoms with Crippen LogP contribution in [-0.4, -0.2) is 45.1 Å². The Labute approximate surface area is 109 Å². The Kier molecular flexibility index (Phi) is 5.73. The lowest BCUT2D eigenvalue weighted by Crippen LogP contribution is -2.34. The molecule has 1 aromatic heterocycles. The van der Waals surface area contributed by atoms with Gasteiger partial charge in [-0.05, 0) is 12.8 Å². The first kappa shape index (κ1) is 14.6. The summed E-state index contributed by atoms with van der Waals surface area (Å²) in [4.78, 5) is 27.0. The smallest absolute Gasteiger partial charge is 0.317 e. The Hall–Kier alpha value is -1.47. The molecule has 0 aliphatic rings. The highest BCUT2D eigenvalue weighted by molar-refractivity contribution is 7.09. The van der Waals surface area contributed by atoms with E-state index in [0.717, 1.165) is 23.5 Å². The van der Waals surface area contributed by atoms with E-state index in [1.807, 2.05) is 5.38 Å². The van der Waals surface area contributed by atoms with Crippen LogP contribution in [0.3, 0.4) is 0 Å². The summed E-state index contributed by atoms with van der Waals surface area (Å²) in [5.74, 6) is -2.08. The molecular weight excluding hydrogens is 256 g/mol. The summed E-state index contributed by atoms with van der Waals surface area (Å²) >= 11 is 1.52. The van der Waals surface area contributed by atoms with Gasteiger partial charge in [0.05, 0.1) is 23.8 Å². The van der Waals surface area contributed by atoms with E-state index in [9.17, 15) is 9.59 Å². The largest absolute Gasteiger partial charge is 0.480 e. The van der Waals surface area contributed by atoms with Gasteiger partial charge in [-0.1, -0.05) is 6.92 Å². The van der Waals surface area contributed by atoms with E-state index in [-0.39, 0.29) is 19.6 Å². The molecule has 0 amide bonds. The number of aliphatic carboxylic acids is 2. The van der Waals surface area contributed by atoms with Crippen LogP contribution in [0, 0.1) is 0 Å². The van der Waals surface area contributed by atoms with Crippen LogP contribution in [0.2, 0.25) is 0 Å². The van der Waals surface area contributed by atoms with Gasteiger partial charge in [0.25, 0.3) is 0 Å². The van der Waals surface area contributed by atoms with Gasteiger partial charge in [0, 0.05) is 11.9 Å². The summed E-state index contributed by atoms with van der Waals surface area (Å²) < 4.78 is 0. The zero-order chi connectivity index (χ0) is 13.5. The van der Waals surface area contributed by atoms with Gasteiger partial charge in [-0.3, -0.25) is 14.5 Å². The maximum atomic E-state index is 10.6. The van der Waals surface area contributed by atoms with E-state index < -0.39 is 11.9 Å². The van der Waals surface area contributed by atoms with Crippen LogP contribution >= 0.6 is 11.3 Å². The molecule has 0 bridgehead atoms. The fourth-order valence-corrected chi connectivity index (χ4v) is 2.42. The Balaban J connectivity index is 2.62. The van der Waals surface area contributed by atoms with Crippen LogP contribution in [0.4, 0.5) is 0 Å². The number of carboxylic acids is 2. The molecule has 0 aromatic carbocycles. The number of aromatic nitrogens is 1. The number of hydrogen-bond acceptors (Lipinski definition) is 5. The summed E-state index contributed by atoms with van der Waals surface area (Å²) in [5.41, 5.74) is 0.728. The van der Waals surface area contributed by atoms with Gasteiger partial charge in [-0.2, -0.15) is 0 Å². The molecule has 18 heavy (non-hydrogen) atoms. The standard InChI is InChI=1S/C11H16N2O4S/c1-2-3-9-12-8(7-18-9)4-13(5-10(14)15)6-11(16)17/h7H,2-6H2,1H3,(H,14,15)(H,16,17). The summed E-state index contributed by atoms with van der Waals surface area (Å²) in [6.45, 7) is 1.71. The molecule has 0 fully saturated rings. The number of carboxylic acid groups (broad SMARTS) is 2. The van der Waals surface area contributed by atoms with Crippen molar-refractivity contribution in [1.82, 2.24) is 9.88 Å². The topological polar surface area (TPSA) is 90.7 Å². The molecule has 0 saturated carbocycles. The van der Waals surface area contributed by atoms with Crippen LogP contribution < -0.4 is 0 Å². The van der Waals surface area contributed by atoms with Crippen LogP contribution in [0.1, 0.15) is 24.0 Å². The molecule has 0 aliphatic carbocycles. The first-order valence-electron chi connectivity index (χ1n) is 5.60. The van der Waals surface area contributed by atoms with Gasteiger partial charge in [0.15, 0.2) is 0 Å². The molecule has 0 spiro atoms. The second-order valence-corrected chi connectivity index (χ2v) is 4.86. The monoisotopic (exact) mass is 272 g/mol. The SMILES string of the molecule is CCCc1nc(CN(CC(=O)O)CC(=O)O)cs1. The van der Waals surface area contributed by atoms with Crippen LogP contribution in [0.25, 0.3) is 0 Å². The molecule has 1 aromatic rings. The van der Waals surface area contributed by atoms with E-state index in [1.54, 1.807) is 0 Å². The van der Waals surface area contributed by atoms with Gasteiger partial charge in [-0.15, -0.1) is 11.3 Å². The molecule has 0 aliphatic heterocycles. The van der Waals surface area contributed by atoms with E-state index >= 15 is 0 Å². The maximum Gasteiger partial charge on any atom is 0.317 e. The highest BCUT2D eigenvalue weighted by atomic mass is 32.1. The quantitative estimate of drug-likeness (QED) is 0.735. The van der Waals surface area contributed by atoms with Crippen molar-refractivity contribution in [1.29, 1.82) is 0 Å². The van der Waals surface area contributed by atoms with Crippen LogP contribution in [-0.2, 0) is 22.6 Å². The number of carbonyl (C=O) groups is 2. The van der Waals surface area contributed by atoms with Crippen molar-refractivity contribution >= 4 is 23.3 Å².